The number of H-pyrrole nitrogens is 2. The van der Waals surface area contributed by atoms with Crippen molar-refractivity contribution < 1.29 is 19.1 Å². The smallest absolute Gasteiger partial charge is 0.411 e. The van der Waals surface area contributed by atoms with Crippen LogP contribution in [0, 0.1) is 0 Å². The van der Waals surface area contributed by atoms with E-state index in [0.29, 0.717) is 48.5 Å². The number of pyridine rings is 2. The quantitative estimate of drug-likeness (QED) is 0.150. The number of ether oxygens (including phenoxy) is 2. The largest absolute Gasteiger partial charge is 0.441 e. The molecular weight excluding hydrogens is 833 g/mol. The van der Waals surface area contributed by atoms with Crippen LogP contribution in [-0.4, -0.2) is 75.2 Å². The molecule has 0 bridgehead atoms. The van der Waals surface area contributed by atoms with Gasteiger partial charge in [-0.1, -0.05) is 72.8 Å². The van der Waals surface area contributed by atoms with Crippen LogP contribution in [0.25, 0.3) is 33.9 Å². The monoisotopic (exact) mass is 884 g/mol. The van der Waals surface area contributed by atoms with Gasteiger partial charge in [-0.05, 0) is 113 Å². The van der Waals surface area contributed by atoms with Crippen molar-refractivity contribution in [1.29, 1.82) is 0 Å². The number of aromatic amines is 2. The molecule has 4 atom stereocenters. The van der Waals surface area contributed by atoms with E-state index in [2.05, 4.69) is 42.1 Å². The molecule has 0 saturated carbocycles. The molecule has 6 heterocycles. The number of rotatable bonds is 8. The highest BCUT2D eigenvalue weighted by molar-refractivity contribution is 5.75. The Morgan fingerprint density at radius 2 is 0.924 bits per heavy atom. The number of hydrogen-bond acceptors (Lipinski definition) is 10. The van der Waals surface area contributed by atoms with Gasteiger partial charge in [0.25, 0.3) is 11.1 Å². The van der Waals surface area contributed by atoms with E-state index in [1.807, 2.05) is 110 Å². The van der Waals surface area contributed by atoms with E-state index < -0.39 is 11.2 Å². The minimum atomic E-state index is -0.621. The summed E-state index contributed by atoms with van der Waals surface area (Å²) in [6, 6.07) is 27.0. The third kappa shape index (κ3) is 8.82. The van der Waals surface area contributed by atoms with Crippen LogP contribution in [0.3, 0.4) is 0 Å². The number of amides is 2. The highest BCUT2D eigenvalue weighted by Gasteiger charge is 2.52. The first kappa shape index (κ1) is 43.8. The Hall–Kier alpha value is -7.48. The minimum Gasteiger partial charge on any atom is -0.441 e. The summed E-state index contributed by atoms with van der Waals surface area (Å²) in [5.41, 5.74) is 5.36. The molecule has 4 aliphatic rings. The van der Waals surface area contributed by atoms with Crippen LogP contribution >= 0.6 is 0 Å². The SMILES string of the molecule is CC1(C)OC(=O)N([C@@H]2CC=C(c3cc(-c4ncccn4)c[nH]c3=O)CC2)[C@H]1c1ccccc1.CC1(C)OC(=O)N([C@H]2CC=C(c3cc(-c4ncccn4)c[nH]c3=O)CC2)[C@H]1c1ccccc1. The molecule has 2 aromatic carbocycles. The summed E-state index contributed by atoms with van der Waals surface area (Å²) in [5.74, 6) is 1.13. The van der Waals surface area contributed by atoms with E-state index in [1.165, 1.54) is 0 Å². The van der Waals surface area contributed by atoms with E-state index in [1.54, 1.807) is 49.3 Å². The van der Waals surface area contributed by atoms with Gasteiger partial charge in [-0.2, -0.15) is 0 Å². The molecule has 66 heavy (non-hydrogen) atoms. The van der Waals surface area contributed by atoms with Crippen molar-refractivity contribution in [2.45, 2.75) is 102 Å². The Morgan fingerprint density at radius 3 is 1.27 bits per heavy atom. The fourth-order valence-electron chi connectivity index (χ4n) is 9.90. The van der Waals surface area contributed by atoms with Crippen LogP contribution in [0.2, 0.25) is 0 Å². The highest BCUT2D eigenvalue weighted by Crippen LogP contribution is 2.46. The molecule has 2 amide bonds. The molecule has 14 nitrogen and oxygen atoms in total. The third-order valence-corrected chi connectivity index (χ3v) is 12.9. The van der Waals surface area contributed by atoms with E-state index in [-0.39, 0.29) is 47.5 Å². The predicted molar refractivity (Wildman–Crippen MR) is 251 cm³/mol. The lowest BCUT2D eigenvalue weighted by molar-refractivity contribution is 0.0660. The van der Waals surface area contributed by atoms with Crippen molar-refractivity contribution >= 4 is 23.3 Å². The number of cyclic esters (lactones) is 2. The summed E-state index contributed by atoms with van der Waals surface area (Å²) in [4.78, 5) is 77.5. The van der Waals surface area contributed by atoms with Gasteiger partial charge in [0.15, 0.2) is 11.6 Å². The van der Waals surface area contributed by atoms with E-state index >= 15 is 0 Å². The van der Waals surface area contributed by atoms with Crippen molar-refractivity contribution in [1.82, 2.24) is 39.7 Å². The maximum Gasteiger partial charge on any atom is 0.411 e. The van der Waals surface area contributed by atoms with Gasteiger partial charge in [-0.15, -0.1) is 0 Å². The summed E-state index contributed by atoms with van der Waals surface area (Å²) in [5, 5.41) is 0. The molecule has 4 aromatic heterocycles. The number of allylic oxidation sites excluding steroid dienone is 2. The molecule has 2 N–H and O–H groups in total. The van der Waals surface area contributed by atoms with Crippen LogP contribution < -0.4 is 11.1 Å². The number of hydrogen-bond donors (Lipinski definition) is 2. The molecule has 336 valence electrons. The van der Waals surface area contributed by atoms with Gasteiger partial charge in [0, 0.05) is 71.5 Å². The maximum absolute atomic E-state index is 12.9. The fourth-order valence-corrected chi connectivity index (χ4v) is 9.90. The fraction of sp³-hybridized carbons (Fsp3) is 0.308. The molecule has 6 aromatic rings. The Morgan fingerprint density at radius 1 is 0.545 bits per heavy atom. The number of nitrogens with zero attached hydrogens (tertiary/aromatic N) is 6. The molecule has 0 radical (unpaired) electrons. The number of carbonyl (C=O) groups is 2. The zero-order chi connectivity index (χ0) is 46.0. The van der Waals surface area contributed by atoms with Crippen LogP contribution in [0.5, 0.6) is 0 Å². The van der Waals surface area contributed by atoms with E-state index in [9.17, 15) is 19.2 Å². The van der Waals surface area contributed by atoms with Gasteiger partial charge < -0.3 is 19.4 Å². The zero-order valence-corrected chi connectivity index (χ0v) is 37.4. The van der Waals surface area contributed by atoms with Gasteiger partial charge in [-0.3, -0.25) is 19.4 Å². The Bertz CT molecular complexity index is 2700. The first-order chi connectivity index (χ1) is 31.9. The molecule has 10 rings (SSSR count). The molecule has 2 saturated heterocycles. The molecule has 0 spiro atoms. The first-order valence-corrected chi connectivity index (χ1v) is 22.4. The second-order valence-electron chi connectivity index (χ2n) is 18.1. The topological polar surface area (TPSA) is 176 Å². The summed E-state index contributed by atoms with van der Waals surface area (Å²) in [6.45, 7) is 7.85. The van der Waals surface area contributed by atoms with Crippen LogP contribution in [0.15, 0.2) is 144 Å². The molecular formula is C52H52N8O6. The molecule has 0 unspecified atom stereocenters. The van der Waals surface area contributed by atoms with Gasteiger partial charge >= 0.3 is 12.2 Å². The Kier molecular flexibility index (Phi) is 12.1. The van der Waals surface area contributed by atoms with E-state index in [0.717, 1.165) is 46.2 Å². The van der Waals surface area contributed by atoms with Gasteiger partial charge in [0.2, 0.25) is 0 Å². The van der Waals surface area contributed by atoms with Crippen molar-refractivity contribution in [3.8, 4) is 22.8 Å². The summed E-state index contributed by atoms with van der Waals surface area (Å²) >= 11 is 0. The predicted octanol–water partition coefficient (Wildman–Crippen LogP) is 9.48. The van der Waals surface area contributed by atoms with Crippen LogP contribution in [0.1, 0.15) is 101 Å². The number of benzene rings is 2. The lowest BCUT2D eigenvalue weighted by atomic mass is 9.86. The number of nitrogens with one attached hydrogen (secondary N) is 2. The van der Waals surface area contributed by atoms with Crippen molar-refractivity contribution in [3.05, 3.63) is 177 Å². The van der Waals surface area contributed by atoms with Crippen molar-refractivity contribution in [2.24, 2.45) is 0 Å². The Labute approximate surface area is 382 Å². The summed E-state index contributed by atoms with van der Waals surface area (Å²) in [6.07, 6.45) is 17.8. The van der Waals surface area contributed by atoms with Gasteiger partial charge in [-0.25, -0.2) is 29.5 Å². The number of aromatic nitrogens is 6. The zero-order valence-electron chi connectivity index (χ0n) is 37.4. The molecule has 2 aliphatic heterocycles. The normalized spacial score (nSPS) is 22.1. The summed E-state index contributed by atoms with van der Waals surface area (Å²) in [7, 11) is 0. The minimum absolute atomic E-state index is 0.00736. The lowest BCUT2D eigenvalue weighted by Gasteiger charge is -2.36. The van der Waals surface area contributed by atoms with Crippen LogP contribution in [-0.2, 0) is 9.47 Å². The van der Waals surface area contributed by atoms with Crippen LogP contribution in [0.4, 0.5) is 9.59 Å². The number of carbonyl (C=O) groups excluding carboxylic acids is 2. The molecule has 2 fully saturated rings. The average molecular weight is 885 g/mol. The highest BCUT2D eigenvalue weighted by atomic mass is 16.6. The first-order valence-electron chi connectivity index (χ1n) is 22.4. The van der Waals surface area contributed by atoms with E-state index in [4.69, 9.17) is 9.47 Å². The Balaban J connectivity index is 0.000000166. The lowest BCUT2D eigenvalue weighted by Crippen LogP contribution is -2.41. The van der Waals surface area contributed by atoms with Crippen molar-refractivity contribution in [2.75, 3.05) is 0 Å². The second kappa shape index (κ2) is 18.2. The average Bonchev–Trinajstić information content (AvgIpc) is 3.74. The maximum atomic E-state index is 12.9. The molecule has 2 aliphatic carbocycles. The third-order valence-electron chi connectivity index (χ3n) is 12.9. The van der Waals surface area contributed by atoms with Gasteiger partial charge in [0.05, 0.1) is 12.1 Å². The molecule has 14 heteroatoms. The summed E-state index contributed by atoms with van der Waals surface area (Å²) < 4.78 is 11.5. The second-order valence-corrected chi connectivity index (χ2v) is 18.1. The van der Waals surface area contributed by atoms with Crippen molar-refractivity contribution in [3.63, 3.8) is 0 Å². The standard InChI is InChI=1S/2C26H26N4O3/c2*1-26(2)22(18-7-4-3-5-8-18)30(25(32)33-26)20-11-9-17(10-12-20)21-15-19(16-29-24(21)31)23-27-13-6-14-28-23/h2*3-9,13-16,20,22H,10-12H2,1-2H3,(H,29,31)/t20-,22+;20-,22-/m10/s1. The van der Waals surface area contributed by atoms with Gasteiger partial charge in [0.1, 0.15) is 11.2 Å².